The molecule has 1 aromatic heterocycles. The number of hydrogen-bond donors (Lipinski definition) is 2. The standard InChI is InChI=1S/C24H21N3O2S/c1-29-20-13-14-21-22(15-20)27-24(26-21)30-16-23(28)25-19-11-9-18(10-12-19)8-7-17-5-3-2-4-6-17/h2-15H,16H2,1H3,(H,25,28)(H,26,27)/b8-7+. The first-order valence-electron chi connectivity index (χ1n) is 9.49. The number of carbonyl (C=O) groups excluding carboxylic acids is 1. The van der Waals surface area contributed by atoms with Crippen molar-refractivity contribution in [1.29, 1.82) is 0 Å². The van der Waals surface area contributed by atoms with E-state index in [-0.39, 0.29) is 11.7 Å². The maximum Gasteiger partial charge on any atom is 0.234 e. The van der Waals surface area contributed by atoms with Gasteiger partial charge in [0.15, 0.2) is 5.16 Å². The van der Waals surface area contributed by atoms with Gasteiger partial charge in [-0.25, -0.2) is 4.98 Å². The van der Waals surface area contributed by atoms with Gasteiger partial charge >= 0.3 is 0 Å². The molecule has 150 valence electrons. The van der Waals surface area contributed by atoms with Gasteiger partial charge in [0.1, 0.15) is 5.75 Å². The molecule has 0 aliphatic heterocycles. The number of rotatable bonds is 7. The van der Waals surface area contributed by atoms with Gasteiger partial charge in [0.25, 0.3) is 0 Å². The number of fused-ring (bicyclic) bond motifs is 1. The van der Waals surface area contributed by atoms with Crippen molar-refractivity contribution in [3.05, 3.63) is 83.9 Å². The Bertz CT molecular complexity index is 1170. The molecule has 0 aliphatic carbocycles. The van der Waals surface area contributed by atoms with Gasteiger partial charge in [-0.05, 0) is 35.4 Å². The van der Waals surface area contributed by atoms with Gasteiger partial charge in [-0.3, -0.25) is 4.79 Å². The van der Waals surface area contributed by atoms with Crippen molar-refractivity contribution >= 4 is 46.5 Å². The lowest BCUT2D eigenvalue weighted by Gasteiger charge is -2.04. The third-order valence-electron chi connectivity index (χ3n) is 4.47. The zero-order valence-electron chi connectivity index (χ0n) is 16.5. The molecule has 4 rings (SSSR count). The number of aromatic amines is 1. The van der Waals surface area contributed by atoms with E-state index in [9.17, 15) is 4.79 Å². The number of methoxy groups -OCH3 is 1. The average molecular weight is 416 g/mol. The van der Waals surface area contributed by atoms with Gasteiger partial charge in [0, 0.05) is 11.8 Å². The largest absolute Gasteiger partial charge is 0.497 e. The smallest absolute Gasteiger partial charge is 0.234 e. The first-order valence-corrected chi connectivity index (χ1v) is 10.5. The fraction of sp³-hybridized carbons (Fsp3) is 0.0833. The Morgan fingerprint density at radius 2 is 1.77 bits per heavy atom. The zero-order chi connectivity index (χ0) is 20.8. The van der Waals surface area contributed by atoms with Crippen molar-refractivity contribution in [2.75, 3.05) is 18.2 Å². The summed E-state index contributed by atoms with van der Waals surface area (Å²) in [6, 6.07) is 23.6. The van der Waals surface area contributed by atoms with E-state index in [1.165, 1.54) is 11.8 Å². The highest BCUT2D eigenvalue weighted by Gasteiger charge is 2.08. The minimum Gasteiger partial charge on any atom is -0.497 e. The molecule has 0 saturated heterocycles. The number of hydrogen-bond acceptors (Lipinski definition) is 4. The van der Waals surface area contributed by atoms with Crippen LogP contribution in [0, 0.1) is 0 Å². The number of anilines is 1. The highest BCUT2D eigenvalue weighted by molar-refractivity contribution is 7.99. The molecule has 0 radical (unpaired) electrons. The molecule has 3 aromatic carbocycles. The van der Waals surface area contributed by atoms with Crippen molar-refractivity contribution in [1.82, 2.24) is 9.97 Å². The van der Waals surface area contributed by atoms with Crippen LogP contribution in [0.15, 0.2) is 78.0 Å². The van der Waals surface area contributed by atoms with E-state index in [0.717, 1.165) is 33.6 Å². The number of nitrogens with zero attached hydrogens (tertiary/aromatic N) is 1. The van der Waals surface area contributed by atoms with Crippen LogP contribution in [-0.2, 0) is 4.79 Å². The molecule has 5 nitrogen and oxygen atoms in total. The number of amides is 1. The monoisotopic (exact) mass is 415 g/mol. The fourth-order valence-corrected chi connectivity index (χ4v) is 3.61. The van der Waals surface area contributed by atoms with Crippen LogP contribution in [0.4, 0.5) is 5.69 Å². The summed E-state index contributed by atoms with van der Waals surface area (Å²) in [4.78, 5) is 20.0. The number of H-pyrrole nitrogens is 1. The Morgan fingerprint density at radius 3 is 2.50 bits per heavy atom. The molecule has 30 heavy (non-hydrogen) atoms. The Labute approximate surface area is 179 Å². The topological polar surface area (TPSA) is 67.0 Å². The van der Waals surface area contributed by atoms with Gasteiger partial charge in [-0.1, -0.05) is 66.4 Å². The van der Waals surface area contributed by atoms with Crippen LogP contribution in [0.5, 0.6) is 5.75 Å². The first-order chi connectivity index (χ1) is 14.7. The second-order valence-corrected chi connectivity index (χ2v) is 7.59. The summed E-state index contributed by atoms with van der Waals surface area (Å²) in [5, 5.41) is 3.62. The Hall–Kier alpha value is -3.51. The number of nitrogens with one attached hydrogen (secondary N) is 2. The van der Waals surface area contributed by atoms with Gasteiger partial charge in [-0.2, -0.15) is 0 Å². The van der Waals surface area contributed by atoms with Crippen LogP contribution < -0.4 is 10.1 Å². The molecule has 0 aliphatic rings. The maximum atomic E-state index is 12.3. The Morgan fingerprint density at radius 1 is 1.03 bits per heavy atom. The number of thioether (sulfide) groups is 1. The molecule has 0 spiro atoms. The summed E-state index contributed by atoms with van der Waals surface area (Å²) in [5.41, 5.74) is 4.72. The first kappa shape index (κ1) is 19.8. The third kappa shape index (κ3) is 5.10. The number of benzene rings is 3. The quantitative estimate of drug-likeness (QED) is 0.310. The van der Waals surface area contributed by atoms with E-state index in [0.29, 0.717) is 5.16 Å². The number of ether oxygens (including phenoxy) is 1. The molecule has 0 unspecified atom stereocenters. The van der Waals surface area contributed by atoms with Crippen LogP contribution >= 0.6 is 11.8 Å². The van der Waals surface area contributed by atoms with Crippen molar-refractivity contribution < 1.29 is 9.53 Å². The van der Waals surface area contributed by atoms with Gasteiger partial charge in [0.2, 0.25) is 5.91 Å². The maximum absolute atomic E-state index is 12.3. The van der Waals surface area contributed by atoms with E-state index in [4.69, 9.17) is 4.74 Å². The van der Waals surface area contributed by atoms with E-state index in [1.807, 2.05) is 66.7 Å². The Kier molecular flexibility index (Phi) is 6.15. The summed E-state index contributed by atoms with van der Waals surface area (Å²) < 4.78 is 5.22. The molecule has 1 heterocycles. The van der Waals surface area contributed by atoms with Crippen molar-refractivity contribution in [2.45, 2.75) is 5.16 Å². The van der Waals surface area contributed by atoms with Crippen molar-refractivity contribution in [3.63, 3.8) is 0 Å². The second kappa shape index (κ2) is 9.33. The van der Waals surface area contributed by atoms with Crippen LogP contribution in [-0.4, -0.2) is 28.7 Å². The number of aromatic nitrogens is 2. The fourth-order valence-electron chi connectivity index (χ4n) is 2.93. The van der Waals surface area contributed by atoms with E-state index < -0.39 is 0 Å². The van der Waals surface area contributed by atoms with Crippen molar-refractivity contribution in [3.8, 4) is 5.75 Å². The minimum atomic E-state index is -0.0781. The van der Waals surface area contributed by atoms with Crippen LogP contribution in [0.3, 0.4) is 0 Å². The van der Waals surface area contributed by atoms with Gasteiger partial charge in [-0.15, -0.1) is 0 Å². The summed E-state index contributed by atoms with van der Waals surface area (Å²) in [5.74, 6) is 0.959. The summed E-state index contributed by atoms with van der Waals surface area (Å²) >= 11 is 1.37. The van der Waals surface area contributed by atoms with Crippen LogP contribution in [0.2, 0.25) is 0 Å². The highest BCUT2D eigenvalue weighted by Crippen LogP contribution is 2.23. The highest BCUT2D eigenvalue weighted by atomic mass is 32.2. The lowest BCUT2D eigenvalue weighted by molar-refractivity contribution is -0.113. The Balaban J connectivity index is 1.31. The summed E-state index contributed by atoms with van der Waals surface area (Å²) in [6.07, 6.45) is 4.11. The van der Waals surface area contributed by atoms with E-state index in [2.05, 4.69) is 33.5 Å². The molecule has 6 heteroatoms. The van der Waals surface area contributed by atoms with Crippen LogP contribution in [0.1, 0.15) is 11.1 Å². The molecule has 0 saturated carbocycles. The average Bonchev–Trinajstić information content (AvgIpc) is 3.20. The molecule has 2 N–H and O–H groups in total. The second-order valence-electron chi connectivity index (χ2n) is 6.63. The van der Waals surface area contributed by atoms with Crippen molar-refractivity contribution in [2.24, 2.45) is 0 Å². The van der Waals surface area contributed by atoms with E-state index in [1.54, 1.807) is 7.11 Å². The normalized spacial score (nSPS) is 11.1. The lowest BCUT2D eigenvalue weighted by Crippen LogP contribution is -2.14. The predicted octanol–water partition coefficient (Wildman–Crippen LogP) is 5.47. The molecule has 0 atom stereocenters. The molecule has 0 bridgehead atoms. The molecular formula is C24H21N3O2S. The zero-order valence-corrected chi connectivity index (χ0v) is 17.3. The molecular weight excluding hydrogens is 394 g/mol. The van der Waals surface area contributed by atoms with Gasteiger partial charge in [0.05, 0.1) is 23.9 Å². The lowest BCUT2D eigenvalue weighted by atomic mass is 10.1. The van der Waals surface area contributed by atoms with E-state index >= 15 is 0 Å². The number of carbonyl (C=O) groups is 1. The number of imidazole rings is 1. The summed E-state index contributed by atoms with van der Waals surface area (Å²) in [6.45, 7) is 0. The molecule has 1 amide bonds. The van der Waals surface area contributed by atoms with Crippen LogP contribution in [0.25, 0.3) is 23.2 Å². The predicted molar refractivity (Wildman–Crippen MR) is 124 cm³/mol. The molecule has 4 aromatic rings. The minimum absolute atomic E-state index is 0.0781. The molecule has 0 fully saturated rings. The summed E-state index contributed by atoms with van der Waals surface area (Å²) in [7, 11) is 1.63. The SMILES string of the molecule is COc1ccc2nc(SCC(=O)Nc3ccc(/C=C/c4ccccc4)cc3)[nH]c2c1. The third-order valence-corrected chi connectivity index (χ3v) is 5.34. The van der Waals surface area contributed by atoms with Gasteiger partial charge < -0.3 is 15.0 Å².